The normalized spacial score (nSPS) is 11.5. The molecule has 0 unspecified atom stereocenters. The number of nitrogens with zero attached hydrogens (tertiary/aromatic N) is 1. The van der Waals surface area contributed by atoms with Gasteiger partial charge in [0.05, 0.1) is 16.9 Å². The van der Waals surface area contributed by atoms with E-state index in [0.717, 1.165) is 6.07 Å². The van der Waals surface area contributed by atoms with E-state index >= 15 is 0 Å². The first-order valence-corrected chi connectivity index (χ1v) is 6.74. The first-order valence-electron chi connectivity index (χ1n) is 4.88. The van der Waals surface area contributed by atoms with Crippen molar-refractivity contribution in [2.24, 2.45) is 0 Å². The maximum atomic E-state index is 13.2. The van der Waals surface area contributed by atoms with Gasteiger partial charge < -0.3 is 4.98 Å². The number of halogens is 2. The molecule has 18 heavy (non-hydrogen) atoms. The maximum absolute atomic E-state index is 13.2. The predicted molar refractivity (Wildman–Crippen MR) is 65.5 cm³/mol. The Labute approximate surface area is 108 Å². The van der Waals surface area contributed by atoms with Crippen molar-refractivity contribution in [3.63, 3.8) is 0 Å². The third-order valence-electron chi connectivity index (χ3n) is 2.14. The summed E-state index contributed by atoms with van der Waals surface area (Å²) < 4.78 is 39.1. The average Bonchev–Trinajstić information content (AvgIpc) is 2.71. The number of sulfonamides is 1. The molecular weight excluding hydrogens is 281 g/mol. The van der Waals surface area contributed by atoms with E-state index in [0.29, 0.717) is 5.82 Å². The molecule has 0 saturated heterocycles. The number of H-pyrrole nitrogens is 1. The van der Waals surface area contributed by atoms with Crippen molar-refractivity contribution in [2.45, 2.75) is 11.9 Å². The van der Waals surface area contributed by atoms with Crippen LogP contribution in [-0.4, -0.2) is 18.4 Å². The Morgan fingerprint density at radius 2 is 2.17 bits per heavy atom. The summed E-state index contributed by atoms with van der Waals surface area (Å²) in [5.74, 6) is -0.227. The predicted octanol–water partition coefficient (Wildman–Crippen LogP) is 2.31. The molecule has 2 rings (SSSR count). The van der Waals surface area contributed by atoms with Crippen LogP contribution in [0, 0.1) is 12.7 Å². The van der Waals surface area contributed by atoms with Crippen LogP contribution >= 0.6 is 11.6 Å². The van der Waals surface area contributed by atoms with Crippen LogP contribution in [0.25, 0.3) is 0 Å². The highest BCUT2D eigenvalue weighted by atomic mass is 35.5. The Hall–Kier alpha value is -1.60. The molecule has 2 N–H and O–H groups in total. The minimum Gasteiger partial charge on any atom is -0.332 e. The number of aromatic nitrogens is 2. The molecule has 0 saturated carbocycles. The van der Waals surface area contributed by atoms with E-state index in [-0.39, 0.29) is 15.7 Å². The third kappa shape index (κ3) is 2.62. The molecule has 1 heterocycles. The molecule has 0 aliphatic carbocycles. The van der Waals surface area contributed by atoms with Gasteiger partial charge in [-0.2, -0.15) is 8.42 Å². The highest BCUT2D eigenvalue weighted by molar-refractivity contribution is 7.92. The van der Waals surface area contributed by atoms with Gasteiger partial charge in [-0.05, 0) is 25.1 Å². The van der Waals surface area contributed by atoms with Crippen LogP contribution in [-0.2, 0) is 10.0 Å². The van der Waals surface area contributed by atoms with E-state index in [1.165, 1.54) is 18.3 Å². The summed E-state index contributed by atoms with van der Waals surface area (Å²) in [6.45, 7) is 1.63. The zero-order valence-corrected chi connectivity index (χ0v) is 10.8. The Bertz CT molecular complexity index is 684. The number of anilines is 1. The SMILES string of the molecule is Cc1ncc(S(=O)(=O)Nc2ccc(Cl)c(F)c2)[nH]1. The van der Waals surface area contributed by atoms with Gasteiger partial charge in [0.2, 0.25) is 0 Å². The molecule has 1 aromatic heterocycles. The Balaban J connectivity index is 2.30. The van der Waals surface area contributed by atoms with Crippen LogP contribution in [0.4, 0.5) is 10.1 Å². The molecule has 8 heteroatoms. The molecule has 0 aliphatic heterocycles. The van der Waals surface area contributed by atoms with Gasteiger partial charge in [-0.1, -0.05) is 11.6 Å². The second-order valence-corrected chi connectivity index (χ2v) is 5.63. The zero-order chi connectivity index (χ0) is 13.3. The lowest BCUT2D eigenvalue weighted by Gasteiger charge is -2.06. The largest absolute Gasteiger partial charge is 0.332 e. The topological polar surface area (TPSA) is 74.8 Å². The molecule has 0 spiro atoms. The molecule has 5 nitrogen and oxygen atoms in total. The second-order valence-electron chi connectivity index (χ2n) is 3.57. The van der Waals surface area contributed by atoms with Gasteiger partial charge in [0, 0.05) is 0 Å². The van der Waals surface area contributed by atoms with Crippen LogP contribution in [0.15, 0.2) is 29.4 Å². The standard InChI is InChI=1S/C10H9ClFN3O2S/c1-6-13-5-10(14-6)18(16,17)15-7-2-3-8(11)9(12)4-7/h2-5,15H,1H3,(H,13,14). The molecule has 2 aromatic rings. The Morgan fingerprint density at radius 3 is 2.72 bits per heavy atom. The van der Waals surface area contributed by atoms with Gasteiger partial charge in [-0.15, -0.1) is 0 Å². The fourth-order valence-corrected chi connectivity index (χ4v) is 2.44. The summed E-state index contributed by atoms with van der Waals surface area (Å²) in [6, 6.07) is 3.64. The van der Waals surface area contributed by atoms with Gasteiger partial charge in [0.1, 0.15) is 11.6 Å². The summed E-state index contributed by atoms with van der Waals surface area (Å²) in [6.07, 6.45) is 1.18. The Morgan fingerprint density at radius 1 is 1.44 bits per heavy atom. The first kappa shape index (κ1) is 12.8. The van der Waals surface area contributed by atoms with Crippen molar-refractivity contribution >= 4 is 27.3 Å². The van der Waals surface area contributed by atoms with Crippen molar-refractivity contribution in [3.8, 4) is 0 Å². The van der Waals surface area contributed by atoms with E-state index in [2.05, 4.69) is 14.7 Å². The average molecular weight is 290 g/mol. The number of rotatable bonds is 3. The summed E-state index contributed by atoms with van der Waals surface area (Å²) in [4.78, 5) is 6.37. The molecule has 0 fully saturated rings. The minimum atomic E-state index is -3.80. The molecule has 96 valence electrons. The van der Waals surface area contributed by atoms with Crippen molar-refractivity contribution in [1.29, 1.82) is 0 Å². The van der Waals surface area contributed by atoms with E-state index in [1.54, 1.807) is 6.92 Å². The molecule has 0 aliphatic rings. The number of aromatic amines is 1. The fraction of sp³-hybridized carbons (Fsp3) is 0.100. The summed E-state index contributed by atoms with van der Waals surface area (Å²) in [5.41, 5.74) is 0.0872. The van der Waals surface area contributed by atoms with Gasteiger partial charge in [-0.3, -0.25) is 4.72 Å². The molecule has 0 bridgehead atoms. The minimum absolute atomic E-state index is 0.0738. The highest BCUT2D eigenvalue weighted by Gasteiger charge is 2.17. The van der Waals surface area contributed by atoms with Crippen LogP contribution in [0.1, 0.15) is 5.82 Å². The van der Waals surface area contributed by atoms with E-state index < -0.39 is 15.8 Å². The number of aryl methyl sites for hydroxylation is 1. The zero-order valence-electron chi connectivity index (χ0n) is 9.24. The smallest absolute Gasteiger partial charge is 0.278 e. The molecular formula is C10H9ClFN3O2S. The van der Waals surface area contributed by atoms with Crippen molar-refractivity contribution in [2.75, 3.05) is 4.72 Å². The lowest BCUT2D eigenvalue weighted by Crippen LogP contribution is -2.13. The Kier molecular flexibility index (Phi) is 3.27. The summed E-state index contributed by atoms with van der Waals surface area (Å²) in [5, 5.41) is -0.161. The monoisotopic (exact) mass is 289 g/mol. The van der Waals surface area contributed by atoms with Gasteiger partial charge >= 0.3 is 0 Å². The number of nitrogens with one attached hydrogen (secondary N) is 2. The van der Waals surface area contributed by atoms with Gasteiger partial charge in [-0.25, -0.2) is 9.37 Å². The van der Waals surface area contributed by atoms with E-state index in [4.69, 9.17) is 11.6 Å². The summed E-state index contributed by atoms with van der Waals surface area (Å²) >= 11 is 5.50. The van der Waals surface area contributed by atoms with Crippen molar-refractivity contribution in [1.82, 2.24) is 9.97 Å². The number of benzene rings is 1. The van der Waals surface area contributed by atoms with Crippen LogP contribution < -0.4 is 4.72 Å². The summed E-state index contributed by atoms with van der Waals surface area (Å²) in [7, 11) is -3.80. The lowest BCUT2D eigenvalue weighted by atomic mass is 10.3. The van der Waals surface area contributed by atoms with Crippen LogP contribution in [0.3, 0.4) is 0 Å². The van der Waals surface area contributed by atoms with E-state index in [1.807, 2.05) is 0 Å². The third-order valence-corrected chi connectivity index (χ3v) is 3.74. The quantitative estimate of drug-likeness (QED) is 0.910. The van der Waals surface area contributed by atoms with Crippen LogP contribution in [0.2, 0.25) is 5.02 Å². The lowest BCUT2D eigenvalue weighted by molar-refractivity contribution is 0.598. The second kappa shape index (κ2) is 4.58. The van der Waals surface area contributed by atoms with Crippen LogP contribution in [0.5, 0.6) is 0 Å². The van der Waals surface area contributed by atoms with Crippen molar-refractivity contribution in [3.05, 3.63) is 41.1 Å². The fourth-order valence-electron chi connectivity index (χ4n) is 1.30. The molecule has 0 atom stereocenters. The number of hydrogen-bond donors (Lipinski definition) is 2. The van der Waals surface area contributed by atoms with Gasteiger partial charge in [0.15, 0.2) is 5.03 Å². The van der Waals surface area contributed by atoms with Gasteiger partial charge in [0.25, 0.3) is 10.0 Å². The number of hydrogen-bond acceptors (Lipinski definition) is 3. The first-order chi connectivity index (χ1) is 8.38. The highest BCUT2D eigenvalue weighted by Crippen LogP contribution is 2.20. The molecule has 1 aromatic carbocycles. The van der Waals surface area contributed by atoms with Crippen molar-refractivity contribution < 1.29 is 12.8 Å². The molecule has 0 radical (unpaired) electrons. The number of imidazole rings is 1. The maximum Gasteiger partial charge on any atom is 0.278 e. The molecule has 0 amide bonds. The van der Waals surface area contributed by atoms with E-state index in [9.17, 15) is 12.8 Å².